The number of carbonyl (C=O) groups is 1. The first-order chi connectivity index (χ1) is 9.93. The van der Waals surface area contributed by atoms with E-state index in [0.717, 1.165) is 23.2 Å². The standard InChI is InChI=1S/C17H22N2O2/c1-5-16-12(3)18-19(13(16)4)10-14-6-8-15(9-7-14)11(2)17(20)21/h6-9,11H,5,10H2,1-4H3,(H,20,21). The Labute approximate surface area is 125 Å². The smallest absolute Gasteiger partial charge is 0.310 e. The Morgan fingerprint density at radius 3 is 2.38 bits per heavy atom. The molecule has 0 saturated carbocycles. The fourth-order valence-electron chi connectivity index (χ4n) is 2.63. The van der Waals surface area contributed by atoms with Crippen LogP contribution in [0.5, 0.6) is 0 Å². The van der Waals surface area contributed by atoms with Gasteiger partial charge in [0.1, 0.15) is 0 Å². The molecule has 0 amide bonds. The van der Waals surface area contributed by atoms with Crippen molar-refractivity contribution >= 4 is 5.97 Å². The molecule has 1 heterocycles. The SMILES string of the molecule is CCc1c(C)nn(Cc2ccc(C(C)C(=O)O)cc2)c1C. The van der Waals surface area contributed by atoms with E-state index in [1.54, 1.807) is 6.92 Å². The first kappa shape index (κ1) is 15.3. The fraction of sp³-hybridized carbons (Fsp3) is 0.412. The van der Waals surface area contributed by atoms with Gasteiger partial charge in [0.05, 0.1) is 18.2 Å². The van der Waals surface area contributed by atoms with Crippen LogP contribution in [-0.2, 0) is 17.8 Å². The lowest BCUT2D eigenvalue weighted by Crippen LogP contribution is -2.08. The number of nitrogens with zero attached hydrogens (tertiary/aromatic N) is 2. The van der Waals surface area contributed by atoms with Crippen molar-refractivity contribution in [3.8, 4) is 0 Å². The number of hydrogen-bond donors (Lipinski definition) is 1. The summed E-state index contributed by atoms with van der Waals surface area (Å²) in [6.45, 7) is 8.70. The van der Waals surface area contributed by atoms with Crippen molar-refractivity contribution < 1.29 is 9.90 Å². The molecule has 4 nitrogen and oxygen atoms in total. The van der Waals surface area contributed by atoms with Crippen LogP contribution >= 0.6 is 0 Å². The Morgan fingerprint density at radius 1 is 1.29 bits per heavy atom. The Balaban J connectivity index is 2.19. The van der Waals surface area contributed by atoms with Gasteiger partial charge in [-0.2, -0.15) is 5.10 Å². The molecule has 0 spiro atoms. The van der Waals surface area contributed by atoms with E-state index in [2.05, 4.69) is 18.9 Å². The number of aromatic nitrogens is 2. The number of aliphatic carboxylic acids is 1. The number of rotatable bonds is 5. The van der Waals surface area contributed by atoms with Gasteiger partial charge in [0.25, 0.3) is 0 Å². The van der Waals surface area contributed by atoms with Crippen LogP contribution in [0.2, 0.25) is 0 Å². The second kappa shape index (κ2) is 6.12. The lowest BCUT2D eigenvalue weighted by atomic mass is 10.00. The van der Waals surface area contributed by atoms with E-state index < -0.39 is 11.9 Å². The summed E-state index contributed by atoms with van der Waals surface area (Å²) in [4.78, 5) is 11.0. The minimum absolute atomic E-state index is 0.473. The van der Waals surface area contributed by atoms with E-state index >= 15 is 0 Å². The van der Waals surface area contributed by atoms with E-state index in [1.165, 1.54) is 11.3 Å². The molecule has 1 aromatic heterocycles. The van der Waals surface area contributed by atoms with Crippen molar-refractivity contribution in [3.05, 3.63) is 52.3 Å². The average molecular weight is 286 g/mol. The Morgan fingerprint density at radius 2 is 1.90 bits per heavy atom. The number of carboxylic acids is 1. The molecule has 1 aromatic carbocycles. The molecule has 2 rings (SSSR count). The van der Waals surface area contributed by atoms with E-state index in [1.807, 2.05) is 35.9 Å². The van der Waals surface area contributed by atoms with Gasteiger partial charge in [-0.3, -0.25) is 9.48 Å². The highest BCUT2D eigenvalue weighted by Gasteiger charge is 2.14. The largest absolute Gasteiger partial charge is 0.481 e. The van der Waals surface area contributed by atoms with E-state index in [4.69, 9.17) is 5.11 Å². The van der Waals surface area contributed by atoms with Crippen LogP contribution in [0.3, 0.4) is 0 Å². The maximum absolute atomic E-state index is 11.0. The van der Waals surface area contributed by atoms with Gasteiger partial charge in [-0.25, -0.2) is 0 Å². The molecule has 0 radical (unpaired) electrons. The maximum Gasteiger partial charge on any atom is 0.310 e. The predicted molar refractivity (Wildman–Crippen MR) is 82.7 cm³/mol. The molecule has 0 aliphatic rings. The summed E-state index contributed by atoms with van der Waals surface area (Å²) < 4.78 is 2.02. The molecule has 4 heteroatoms. The summed E-state index contributed by atoms with van der Waals surface area (Å²) in [5, 5.41) is 13.6. The molecule has 0 bridgehead atoms. The van der Waals surface area contributed by atoms with Gasteiger partial charge in [-0.15, -0.1) is 0 Å². The van der Waals surface area contributed by atoms with E-state index in [-0.39, 0.29) is 0 Å². The monoisotopic (exact) mass is 286 g/mol. The molecule has 112 valence electrons. The lowest BCUT2D eigenvalue weighted by Gasteiger charge is -2.09. The van der Waals surface area contributed by atoms with Gasteiger partial charge in [-0.05, 0) is 43.9 Å². The Kier molecular flexibility index (Phi) is 4.46. The van der Waals surface area contributed by atoms with Crippen LogP contribution in [0, 0.1) is 13.8 Å². The first-order valence-corrected chi connectivity index (χ1v) is 7.28. The zero-order valence-electron chi connectivity index (χ0n) is 13.1. The molecule has 0 aliphatic heterocycles. The van der Waals surface area contributed by atoms with Crippen molar-refractivity contribution in [1.29, 1.82) is 0 Å². The average Bonchev–Trinajstić information content (AvgIpc) is 2.73. The third-order valence-electron chi connectivity index (χ3n) is 4.07. The van der Waals surface area contributed by atoms with Gasteiger partial charge in [0.15, 0.2) is 0 Å². The molecule has 1 N–H and O–H groups in total. The van der Waals surface area contributed by atoms with Crippen LogP contribution in [0.15, 0.2) is 24.3 Å². The predicted octanol–water partition coefficient (Wildman–Crippen LogP) is 3.30. The lowest BCUT2D eigenvalue weighted by molar-refractivity contribution is -0.138. The van der Waals surface area contributed by atoms with Crippen LogP contribution in [0.4, 0.5) is 0 Å². The third kappa shape index (κ3) is 3.15. The molecule has 0 fully saturated rings. The van der Waals surface area contributed by atoms with Gasteiger partial charge in [0, 0.05) is 5.69 Å². The van der Waals surface area contributed by atoms with Gasteiger partial charge >= 0.3 is 5.97 Å². The molecular weight excluding hydrogens is 264 g/mol. The van der Waals surface area contributed by atoms with Gasteiger partial charge in [0.2, 0.25) is 0 Å². The summed E-state index contributed by atoms with van der Waals surface area (Å²) >= 11 is 0. The summed E-state index contributed by atoms with van der Waals surface area (Å²) in [5.74, 6) is -1.27. The quantitative estimate of drug-likeness (QED) is 0.917. The summed E-state index contributed by atoms with van der Waals surface area (Å²) in [6, 6.07) is 7.74. The molecule has 0 saturated heterocycles. The normalized spacial score (nSPS) is 12.4. The highest BCUT2D eigenvalue weighted by molar-refractivity contribution is 5.75. The topological polar surface area (TPSA) is 55.1 Å². The molecule has 1 atom stereocenters. The van der Waals surface area contributed by atoms with Crippen molar-refractivity contribution in [2.45, 2.75) is 46.6 Å². The van der Waals surface area contributed by atoms with Gasteiger partial charge in [-0.1, -0.05) is 31.2 Å². The Bertz CT molecular complexity index is 642. The maximum atomic E-state index is 11.0. The van der Waals surface area contributed by atoms with Crippen LogP contribution in [0.1, 0.15) is 47.8 Å². The van der Waals surface area contributed by atoms with Crippen molar-refractivity contribution in [1.82, 2.24) is 9.78 Å². The van der Waals surface area contributed by atoms with Crippen molar-refractivity contribution in [3.63, 3.8) is 0 Å². The zero-order valence-corrected chi connectivity index (χ0v) is 13.1. The Hall–Kier alpha value is -2.10. The van der Waals surface area contributed by atoms with E-state index in [9.17, 15) is 4.79 Å². The second-order valence-corrected chi connectivity index (χ2v) is 5.46. The summed E-state index contributed by atoms with van der Waals surface area (Å²) in [6.07, 6.45) is 0.993. The number of aryl methyl sites for hydroxylation is 1. The van der Waals surface area contributed by atoms with Crippen LogP contribution in [0.25, 0.3) is 0 Å². The second-order valence-electron chi connectivity index (χ2n) is 5.46. The molecular formula is C17H22N2O2. The number of benzene rings is 1. The van der Waals surface area contributed by atoms with E-state index in [0.29, 0.717) is 6.54 Å². The highest BCUT2D eigenvalue weighted by atomic mass is 16.4. The summed E-state index contributed by atoms with van der Waals surface area (Å²) in [7, 11) is 0. The third-order valence-corrected chi connectivity index (χ3v) is 4.07. The van der Waals surface area contributed by atoms with Crippen LogP contribution < -0.4 is 0 Å². The molecule has 1 unspecified atom stereocenters. The summed E-state index contributed by atoms with van der Waals surface area (Å²) in [5.41, 5.74) is 5.56. The minimum Gasteiger partial charge on any atom is -0.481 e. The molecule has 21 heavy (non-hydrogen) atoms. The molecule has 2 aromatic rings. The zero-order chi connectivity index (χ0) is 15.6. The first-order valence-electron chi connectivity index (χ1n) is 7.28. The van der Waals surface area contributed by atoms with Gasteiger partial charge < -0.3 is 5.11 Å². The number of carboxylic acid groups (broad SMARTS) is 1. The highest BCUT2D eigenvalue weighted by Crippen LogP contribution is 2.18. The minimum atomic E-state index is -0.797. The molecule has 0 aliphatic carbocycles. The van der Waals surface area contributed by atoms with Crippen molar-refractivity contribution in [2.75, 3.05) is 0 Å². The van der Waals surface area contributed by atoms with Crippen molar-refractivity contribution in [2.24, 2.45) is 0 Å². The van der Waals surface area contributed by atoms with Crippen LogP contribution in [-0.4, -0.2) is 20.9 Å². The fourth-order valence-corrected chi connectivity index (χ4v) is 2.63. The number of hydrogen-bond acceptors (Lipinski definition) is 2.